The van der Waals surface area contributed by atoms with Crippen molar-refractivity contribution in [3.8, 4) is 23.3 Å². The van der Waals surface area contributed by atoms with Crippen molar-refractivity contribution in [2.45, 2.75) is 13.3 Å². The summed E-state index contributed by atoms with van der Waals surface area (Å²) in [5.41, 5.74) is 0.539. The lowest BCUT2D eigenvalue weighted by molar-refractivity contribution is -0.141. The fourth-order valence-electron chi connectivity index (χ4n) is 1.22. The van der Waals surface area contributed by atoms with Gasteiger partial charge in [0.2, 0.25) is 0 Å². The smallest absolute Gasteiger partial charge is 0.317 e. The van der Waals surface area contributed by atoms with Gasteiger partial charge in [-0.2, -0.15) is 0 Å². The molecule has 0 aliphatic heterocycles. The Hall–Kier alpha value is -2.15. The summed E-state index contributed by atoms with van der Waals surface area (Å²) in [6, 6.07) is 4.61. The van der Waals surface area contributed by atoms with Gasteiger partial charge in [0.05, 0.1) is 19.3 Å². The van der Waals surface area contributed by atoms with Crippen molar-refractivity contribution in [2.24, 2.45) is 0 Å². The molecule has 1 aromatic carbocycles. The molecule has 0 saturated carbocycles. The normalized spacial score (nSPS) is 9.06. The number of benzene rings is 1. The van der Waals surface area contributed by atoms with Crippen LogP contribution in [0.3, 0.4) is 0 Å². The van der Waals surface area contributed by atoms with E-state index in [0.717, 1.165) is 0 Å². The summed E-state index contributed by atoms with van der Waals surface area (Å²) < 4.78 is 9.81. The monoisotopic (exact) mass is 234 g/mol. The second-order valence-electron chi connectivity index (χ2n) is 3.17. The Morgan fingerprint density at radius 3 is 2.88 bits per heavy atom. The molecule has 0 bridgehead atoms. The van der Waals surface area contributed by atoms with Crippen molar-refractivity contribution in [1.82, 2.24) is 0 Å². The number of phenolic OH excluding ortho intramolecular Hbond substituents is 1. The SMILES string of the molecule is CCOC(=O)CC#Cc1cc(O)ccc1OC. The molecular weight excluding hydrogens is 220 g/mol. The van der Waals surface area contributed by atoms with Crippen molar-refractivity contribution in [3.63, 3.8) is 0 Å². The van der Waals surface area contributed by atoms with E-state index in [1.54, 1.807) is 13.0 Å². The third kappa shape index (κ3) is 4.07. The molecule has 0 atom stereocenters. The first-order chi connectivity index (χ1) is 8.17. The number of aromatic hydroxyl groups is 1. The molecule has 0 saturated heterocycles. The average molecular weight is 234 g/mol. The second kappa shape index (κ2) is 6.44. The molecule has 0 spiro atoms. The molecule has 1 rings (SSSR count). The van der Waals surface area contributed by atoms with Crippen molar-refractivity contribution in [1.29, 1.82) is 0 Å². The van der Waals surface area contributed by atoms with E-state index in [1.165, 1.54) is 19.2 Å². The van der Waals surface area contributed by atoms with Crippen LogP contribution in [0.1, 0.15) is 18.9 Å². The van der Waals surface area contributed by atoms with Gasteiger partial charge in [0.25, 0.3) is 0 Å². The van der Waals surface area contributed by atoms with Gasteiger partial charge in [-0.05, 0) is 25.1 Å². The number of hydrogen-bond acceptors (Lipinski definition) is 4. The van der Waals surface area contributed by atoms with Gasteiger partial charge < -0.3 is 14.6 Å². The first kappa shape index (κ1) is 12.9. The molecule has 0 amide bonds. The van der Waals surface area contributed by atoms with Crippen LogP contribution in [0.4, 0.5) is 0 Å². The van der Waals surface area contributed by atoms with Crippen molar-refractivity contribution < 1.29 is 19.4 Å². The fourth-order valence-corrected chi connectivity index (χ4v) is 1.22. The van der Waals surface area contributed by atoms with Crippen LogP contribution in [0, 0.1) is 11.8 Å². The molecule has 17 heavy (non-hydrogen) atoms. The van der Waals surface area contributed by atoms with Crippen LogP contribution in [0.5, 0.6) is 11.5 Å². The summed E-state index contributed by atoms with van der Waals surface area (Å²) in [7, 11) is 1.52. The van der Waals surface area contributed by atoms with E-state index in [0.29, 0.717) is 17.9 Å². The summed E-state index contributed by atoms with van der Waals surface area (Å²) in [5.74, 6) is 5.73. The number of carbonyl (C=O) groups is 1. The van der Waals surface area contributed by atoms with E-state index in [9.17, 15) is 9.90 Å². The second-order valence-corrected chi connectivity index (χ2v) is 3.17. The Labute approximate surface area is 100 Å². The Morgan fingerprint density at radius 1 is 1.47 bits per heavy atom. The Kier molecular flexibility index (Phi) is 4.89. The third-order valence-corrected chi connectivity index (χ3v) is 1.94. The van der Waals surface area contributed by atoms with Gasteiger partial charge in [0.1, 0.15) is 17.9 Å². The number of hydrogen-bond donors (Lipinski definition) is 1. The minimum atomic E-state index is -0.362. The maximum absolute atomic E-state index is 11.0. The maximum Gasteiger partial charge on any atom is 0.317 e. The quantitative estimate of drug-likeness (QED) is 0.639. The topological polar surface area (TPSA) is 55.8 Å². The van der Waals surface area contributed by atoms with Crippen LogP contribution in [0.25, 0.3) is 0 Å². The highest BCUT2D eigenvalue weighted by molar-refractivity contribution is 5.72. The van der Waals surface area contributed by atoms with Gasteiger partial charge in [-0.25, -0.2) is 0 Å². The lowest BCUT2D eigenvalue weighted by Gasteiger charge is -2.02. The maximum atomic E-state index is 11.0. The molecule has 4 nitrogen and oxygen atoms in total. The van der Waals surface area contributed by atoms with Crippen LogP contribution in [-0.4, -0.2) is 24.8 Å². The van der Waals surface area contributed by atoms with E-state index in [-0.39, 0.29) is 18.1 Å². The molecule has 1 aromatic rings. The zero-order valence-electron chi connectivity index (χ0n) is 9.82. The summed E-state index contributed by atoms with van der Waals surface area (Å²) in [4.78, 5) is 11.0. The largest absolute Gasteiger partial charge is 0.508 e. The van der Waals surface area contributed by atoms with Gasteiger partial charge in [0.15, 0.2) is 0 Å². The molecule has 0 fully saturated rings. The summed E-state index contributed by atoms with van der Waals surface area (Å²) in [5, 5.41) is 9.31. The molecule has 0 aliphatic carbocycles. The summed E-state index contributed by atoms with van der Waals surface area (Å²) in [6.45, 7) is 2.08. The molecule has 0 aromatic heterocycles. The Morgan fingerprint density at radius 2 is 2.24 bits per heavy atom. The standard InChI is InChI=1S/C13H14O4/c1-3-17-13(15)6-4-5-10-9-11(14)7-8-12(10)16-2/h7-9,14H,3,6H2,1-2H3. The van der Waals surface area contributed by atoms with Crippen LogP contribution in [0.15, 0.2) is 18.2 Å². The molecule has 0 aliphatic rings. The van der Waals surface area contributed by atoms with Gasteiger partial charge in [-0.15, -0.1) is 0 Å². The first-order valence-corrected chi connectivity index (χ1v) is 5.19. The van der Waals surface area contributed by atoms with E-state index in [2.05, 4.69) is 11.8 Å². The van der Waals surface area contributed by atoms with Gasteiger partial charge >= 0.3 is 5.97 Å². The average Bonchev–Trinajstić information content (AvgIpc) is 2.30. The minimum Gasteiger partial charge on any atom is -0.508 e. The lowest BCUT2D eigenvalue weighted by Crippen LogP contribution is -2.01. The van der Waals surface area contributed by atoms with Gasteiger partial charge in [-0.3, -0.25) is 4.79 Å². The zero-order chi connectivity index (χ0) is 12.7. The number of methoxy groups -OCH3 is 1. The van der Waals surface area contributed by atoms with Gasteiger partial charge in [0, 0.05) is 0 Å². The predicted molar refractivity (Wildman–Crippen MR) is 62.8 cm³/mol. The molecule has 90 valence electrons. The number of phenols is 1. The number of rotatable bonds is 3. The van der Waals surface area contributed by atoms with Crippen LogP contribution < -0.4 is 4.74 Å². The van der Waals surface area contributed by atoms with Crippen molar-refractivity contribution >= 4 is 5.97 Å². The fraction of sp³-hybridized carbons (Fsp3) is 0.308. The third-order valence-electron chi connectivity index (χ3n) is 1.94. The zero-order valence-corrected chi connectivity index (χ0v) is 9.82. The van der Waals surface area contributed by atoms with Crippen molar-refractivity contribution in [2.75, 3.05) is 13.7 Å². The molecule has 1 N–H and O–H groups in total. The van der Waals surface area contributed by atoms with E-state index >= 15 is 0 Å². The highest BCUT2D eigenvalue weighted by atomic mass is 16.5. The van der Waals surface area contributed by atoms with Crippen LogP contribution in [0.2, 0.25) is 0 Å². The van der Waals surface area contributed by atoms with E-state index in [1.807, 2.05) is 0 Å². The summed E-state index contributed by atoms with van der Waals surface area (Å²) >= 11 is 0. The first-order valence-electron chi connectivity index (χ1n) is 5.19. The minimum absolute atomic E-state index is 0.0205. The Balaban J connectivity index is 2.77. The lowest BCUT2D eigenvalue weighted by atomic mass is 10.2. The van der Waals surface area contributed by atoms with Crippen molar-refractivity contribution in [3.05, 3.63) is 23.8 Å². The number of esters is 1. The van der Waals surface area contributed by atoms with E-state index in [4.69, 9.17) is 9.47 Å². The van der Waals surface area contributed by atoms with E-state index < -0.39 is 0 Å². The highest BCUT2D eigenvalue weighted by Crippen LogP contribution is 2.21. The molecule has 0 heterocycles. The molecule has 4 heteroatoms. The molecule has 0 unspecified atom stereocenters. The molecular formula is C13H14O4. The molecule has 0 radical (unpaired) electrons. The highest BCUT2D eigenvalue weighted by Gasteiger charge is 2.01. The summed E-state index contributed by atoms with van der Waals surface area (Å²) in [6.07, 6.45) is 0.0205. The number of carbonyl (C=O) groups excluding carboxylic acids is 1. The Bertz CT molecular complexity index is 454. The predicted octanol–water partition coefficient (Wildman–Crippen LogP) is 1.71. The van der Waals surface area contributed by atoms with Crippen LogP contribution in [-0.2, 0) is 9.53 Å². The number of ether oxygens (including phenoxy) is 2. The van der Waals surface area contributed by atoms with Crippen LogP contribution >= 0.6 is 0 Å². The van der Waals surface area contributed by atoms with Gasteiger partial charge in [-0.1, -0.05) is 11.8 Å².